The number of amides is 1. The van der Waals surface area contributed by atoms with Crippen LogP contribution in [0.2, 0.25) is 0 Å². The number of carbonyl (C=O) groups is 1. The standard InChI is InChI=1S/C17H22N4O2/c1-2-18-17(22)14-9-6-10-21(11-14)12-15-19-16(20-23-15)13-7-4-3-5-8-13/h3-5,7-8,14H,2,6,9-12H2,1H3,(H,18,22). The molecule has 0 bridgehead atoms. The van der Waals surface area contributed by atoms with Gasteiger partial charge in [0.2, 0.25) is 17.6 Å². The van der Waals surface area contributed by atoms with E-state index >= 15 is 0 Å². The Morgan fingerprint density at radius 2 is 2.22 bits per heavy atom. The SMILES string of the molecule is CCNC(=O)C1CCCN(Cc2nc(-c3ccccc3)no2)C1. The third kappa shape index (κ3) is 3.96. The summed E-state index contributed by atoms with van der Waals surface area (Å²) >= 11 is 0. The monoisotopic (exact) mass is 314 g/mol. The van der Waals surface area contributed by atoms with Crippen molar-refractivity contribution in [2.75, 3.05) is 19.6 Å². The van der Waals surface area contributed by atoms with Gasteiger partial charge in [0.25, 0.3) is 0 Å². The second-order valence-corrected chi connectivity index (χ2v) is 5.85. The van der Waals surface area contributed by atoms with E-state index in [1.54, 1.807) is 0 Å². The summed E-state index contributed by atoms with van der Waals surface area (Å²) in [7, 11) is 0. The molecule has 0 spiro atoms. The number of benzene rings is 1. The number of carbonyl (C=O) groups excluding carboxylic acids is 1. The maximum atomic E-state index is 12.0. The lowest BCUT2D eigenvalue weighted by atomic mass is 9.97. The predicted molar refractivity (Wildman–Crippen MR) is 86.4 cm³/mol. The van der Waals surface area contributed by atoms with Gasteiger partial charge in [-0.1, -0.05) is 35.5 Å². The summed E-state index contributed by atoms with van der Waals surface area (Å²) in [5.41, 5.74) is 0.946. The van der Waals surface area contributed by atoms with Crippen LogP contribution in [0.1, 0.15) is 25.7 Å². The Kier molecular flexibility index (Phi) is 5.02. The summed E-state index contributed by atoms with van der Waals surface area (Å²) in [4.78, 5) is 18.7. The van der Waals surface area contributed by atoms with E-state index in [0.717, 1.165) is 31.5 Å². The molecule has 122 valence electrons. The first-order valence-corrected chi connectivity index (χ1v) is 8.14. The fourth-order valence-electron chi connectivity index (χ4n) is 2.95. The van der Waals surface area contributed by atoms with Crippen molar-refractivity contribution in [3.8, 4) is 11.4 Å². The molecule has 1 aromatic heterocycles. The van der Waals surface area contributed by atoms with Crippen LogP contribution in [0, 0.1) is 5.92 Å². The Morgan fingerprint density at radius 1 is 1.39 bits per heavy atom. The fraction of sp³-hybridized carbons (Fsp3) is 0.471. The minimum absolute atomic E-state index is 0.0558. The fourth-order valence-corrected chi connectivity index (χ4v) is 2.95. The Hall–Kier alpha value is -2.21. The Balaban J connectivity index is 1.61. The molecule has 0 saturated carbocycles. The van der Waals surface area contributed by atoms with Crippen LogP contribution in [0.15, 0.2) is 34.9 Å². The lowest BCUT2D eigenvalue weighted by molar-refractivity contribution is -0.126. The van der Waals surface area contributed by atoms with E-state index in [4.69, 9.17) is 4.52 Å². The highest BCUT2D eigenvalue weighted by Crippen LogP contribution is 2.20. The molecule has 0 radical (unpaired) electrons. The van der Waals surface area contributed by atoms with Gasteiger partial charge in [-0.2, -0.15) is 4.98 Å². The van der Waals surface area contributed by atoms with Gasteiger partial charge in [-0.05, 0) is 26.3 Å². The van der Waals surface area contributed by atoms with Crippen molar-refractivity contribution in [2.45, 2.75) is 26.3 Å². The zero-order valence-corrected chi connectivity index (χ0v) is 13.4. The summed E-state index contributed by atoms with van der Waals surface area (Å²) in [6, 6.07) is 9.78. The molecule has 6 heteroatoms. The maximum absolute atomic E-state index is 12.0. The zero-order chi connectivity index (χ0) is 16.1. The third-order valence-corrected chi connectivity index (χ3v) is 4.09. The van der Waals surface area contributed by atoms with E-state index < -0.39 is 0 Å². The largest absolute Gasteiger partial charge is 0.356 e. The molecule has 3 rings (SSSR count). The van der Waals surface area contributed by atoms with Crippen LogP contribution in [0.3, 0.4) is 0 Å². The number of aromatic nitrogens is 2. The van der Waals surface area contributed by atoms with Gasteiger partial charge in [0.15, 0.2) is 0 Å². The van der Waals surface area contributed by atoms with Crippen LogP contribution in [-0.4, -0.2) is 40.6 Å². The Morgan fingerprint density at radius 3 is 3.00 bits per heavy atom. The number of nitrogens with one attached hydrogen (secondary N) is 1. The first-order chi connectivity index (χ1) is 11.3. The summed E-state index contributed by atoms with van der Waals surface area (Å²) in [6.07, 6.45) is 1.96. The van der Waals surface area contributed by atoms with E-state index in [1.807, 2.05) is 37.3 Å². The normalized spacial score (nSPS) is 18.7. The van der Waals surface area contributed by atoms with E-state index in [0.29, 0.717) is 24.8 Å². The van der Waals surface area contributed by atoms with Crippen molar-refractivity contribution in [3.63, 3.8) is 0 Å². The lowest BCUT2D eigenvalue weighted by Crippen LogP contribution is -2.42. The van der Waals surface area contributed by atoms with Crippen LogP contribution in [0.25, 0.3) is 11.4 Å². The smallest absolute Gasteiger partial charge is 0.241 e. The maximum Gasteiger partial charge on any atom is 0.241 e. The Labute approximate surface area is 135 Å². The van der Waals surface area contributed by atoms with Crippen LogP contribution in [0.4, 0.5) is 0 Å². The van der Waals surface area contributed by atoms with E-state index in [1.165, 1.54) is 0 Å². The molecule has 1 fully saturated rings. The minimum Gasteiger partial charge on any atom is -0.356 e. The molecule has 1 aromatic carbocycles. The van der Waals surface area contributed by atoms with Crippen molar-refractivity contribution >= 4 is 5.91 Å². The van der Waals surface area contributed by atoms with E-state index in [2.05, 4.69) is 20.4 Å². The minimum atomic E-state index is 0.0558. The molecule has 2 aromatic rings. The molecule has 2 heterocycles. The summed E-state index contributed by atoms with van der Waals surface area (Å²) in [5.74, 6) is 1.41. The van der Waals surface area contributed by atoms with Crippen molar-refractivity contribution in [1.82, 2.24) is 20.4 Å². The molecule has 1 amide bonds. The highest BCUT2D eigenvalue weighted by atomic mass is 16.5. The summed E-state index contributed by atoms with van der Waals surface area (Å²) in [6.45, 7) is 4.92. The van der Waals surface area contributed by atoms with Gasteiger partial charge in [-0.25, -0.2) is 0 Å². The predicted octanol–water partition coefficient (Wildman–Crippen LogP) is 2.08. The van der Waals surface area contributed by atoms with Gasteiger partial charge < -0.3 is 9.84 Å². The van der Waals surface area contributed by atoms with Crippen LogP contribution >= 0.6 is 0 Å². The van der Waals surface area contributed by atoms with Crippen molar-refractivity contribution in [3.05, 3.63) is 36.2 Å². The quantitative estimate of drug-likeness (QED) is 0.915. The van der Waals surface area contributed by atoms with Gasteiger partial charge in [-0.3, -0.25) is 9.69 Å². The van der Waals surface area contributed by atoms with E-state index in [-0.39, 0.29) is 11.8 Å². The van der Waals surface area contributed by atoms with Gasteiger partial charge in [-0.15, -0.1) is 0 Å². The van der Waals surface area contributed by atoms with Crippen LogP contribution < -0.4 is 5.32 Å². The number of likely N-dealkylation sites (tertiary alicyclic amines) is 1. The first-order valence-electron chi connectivity index (χ1n) is 8.14. The van der Waals surface area contributed by atoms with Gasteiger partial charge in [0, 0.05) is 18.7 Å². The summed E-state index contributed by atoms with van der Waals surface area (Å²) < 4.78 is 5.36. The zero-order valence-electron chi connectivity index (χ0n) is 13.4. The summed E-state index contributed by atoms with van der Waals surface area (Å²) in [5, 5.41) is 6.95. The molecule has 0 aliphatic carbocycles. The highest BCUT2D eigenvalue weighted by Gasteiger charge is 2.26. The molecule has 1 aliphatic heterocycles. The second-order valence-electron chi connectivity index (χ2n) is 5.85. The van der Waals surface area contributed by atoms with Gasteiger partial charge in [0.1, 0.15) is 0 Å². The van der Waals surface area contributed by atoms with E-state index in [9.17, 15) is 4.79 Å². The topological polar surface area (TPSA) is 71.3 Å². The van der Waals surface area contributed by atoms with Crippen molar-refractivity contribution in [2.24, 2.45) is 5.92 Å². The van der Waals surface area contributed by atoms with Crippen LogP contribution in [-0.2, 0) is 11.3 Å². The lowest BCUT2D eigenvalue weighted by Gasteiger charge is -2.30. The average molecular weight is 314 g/mol. The number of rotatable bonds is 5. The molecule has 6 nitrogen and oxygen atoms in total. The van der Waals surface area contributed by atoms with Gasteiger partial charge in [0.05, 0.1) is 12.5 Å². The molecule has 1 atom stereocenters. The molecule has 1 N–H and O–H groups in total. The molecule has 1 aliphatic rings. The number of piperidine rings is 1. The molecule has 23 heavy (non-hydrogen) atoms. The molecule has 1 saturated heterocycles. The van der Waals surface area contributed by atoms with Crippen molar-refractivity contribution < 1.29 is 9.32 Å². The molecular weight excluding hydrogens is 292 g/mol. The number of hydrogen-bond acceptors (Lipinski definition) is 5. The number of hydrogen-bond donors (Lipinski definition) is 1. The van der Waals surface area contributed by atoms with Gasteiger partial charge >= 0.3 is 0 Å². The first kappa shape index (κ1) is 15.7. The van der Waals surface area contributed by atoms with Crippen LogP contribution in [0.5, 0.6) is 0 Å². The number of nitrogens with zero attached hydrogens (tertiary/aromatic N) is 3. The molecular formula is C17H22N4O2. The van der Waals surface area contributed by atoms with Crippen molar-refractivity contribution in [1.29, 1.82) is 0 Å². The highest BCUT2D eigenvalue weighted by molar-refractivity contribution is 5.78. The average Bonchev–Trinajstić information content (AvgIpc) is 3.05. The second kappa shape index (κ2) is 7.37. The Bertz CT molecular complexity index is 641. The molecule has 1 unspecified atom stereocenters. The third-order valence-electron chi connectivity index (χ3n) is 4.09.